The maximum absolute atomic E-state index is 12.0. The number of aromatic nitrogens is 1. The molecule has 0 aliphatic heterocycles. The van der Waals surface area contributed by atoms with Gasteiger partial charge in [0.25, 0.3) is 5.91 Å². The van der Waals surface area contributed by atoms with Crippen molar-refractivity contribution in [3.8, 4) is 0 Å². The van der Waals surface area contributed by atoms with Gasteiger partial charge in [0.1, 0.15) is 10.7 Å². The molecule has 1 heterocycles. The van der Waals surface area contributed by atoms with Gasteiger partial charge >= 0.3 is 0 Å². The molecule has 1 aliphatic rings. The smallest absolute Gasteiger partial charge is 0.273 e. The number of halogens is 1. The van der Waals surface area contributed by atoms with Gasteiger partial charge in [-0.3, -0.25) is 4.79 Å². The number of rotatable bonds is 7. The predicted molar refractivity (Wildman–Crippen MR) is 77.8 cm³/mol. The van der Waals surface area contributed by atoms with E-state index in [-0.39, 0.29) is 18.3 Å². The number of hydrogen-bond acceptors (Lipinski definition) is 5. The first-order chi connectivity index (χ1) is 8.70. The van der Waals surface area contributed by atoms with E-state index in [9.17, 15) is 4.79 Å². The third-order valence-electron chi connectivity index (χ3n) is 2.91. The Bertz CT molecular complexity index is 409. The summed E-state index contributed by atoms with van der Waals surface area (Å²) < 4.78 is 5.51. The highest BCUT2D eigenvalue weighted by atomic mass is 35.5. The van der Waals surface area contributed by atoms with E-state index in [2.05, 4.69) is 4.98 Å². The Morgan fingerprint density at radius 3 is 2.95 bits per heavy atom. The lowest BCUT2D eigenvalue weighted by molar-refractivity contribution is 0.0676. The van der Waals surface area contributed by atoms with Crippen LogP contribution in [0.4, 0.5) is 0 Å². The predicted octanol–water partition coefficient (Wildman–Crippen LogP) is 1.52. The van der Waals surface area contributed by atoms with Gasteiger partial charge in [-0.15, -0.1) is 23.7 Å². The SMILES string of the molecule is CN(CCOCC1CC1)C(=O)c1csc(CN)n1.Cl. The van der Waals surface area contributed by atoms with E-state index >= 15 is 0 Å². The number of carbonyl (C=O) groups is 1. The number of carbonyl (C=O) groups excluding carboxylic acids is 1. The maximum atomic E-state index is 12.0. The minimum atomic E-state index is -0.0685. The standard InChI is InChI=1S/C12H19N3O2S.ClH/c1-15(4-5-17-7-9-2-3-9)12(16)10-8-18-11(6-13)14-10;/h8-9H,2-7,13H2,1H3;1H. The first-order valence-corrected chi connectivity index (χ1v) is 7.06. The van der Waals surface area contributed by atoms with Gasteiger partial charge in [-0.1, -0.05) is 0 Å². The molecular weight excluding hydrogens is 286 g/mol. The quantitative estimate of drug-likeness (QED) is 0.776. The van der Waals surface area contributed by atoms with E-state index in [1.807, 2.05) is 0 Å². The summed E-state index contributed by atoms with van der Waals surface area (Å²) in [7, 11) is 1.77. The van der Waals surface area contributed by atoms with Gasteiger partial charge in [0, 0.05) is 32.1 Å². The molecule has 0 unspecified atom stereocenters. The van der Waals surface area contributed by atoms with Crippen LogP contribution in [0, 0.1) is 5.92 Å². The molecule has 1 aromatic rings. The largest absolute Gasteiger partial charge is 0.379 e. The molecule has 0 spiro atoms. The molecule has 1 aromatic heterocycles. The van der Waals surface area contributed by atoms with Crippen LogP contribution in [0.1, 0.15) is 28.3 Å². The summed E-state index contributed by atoms with van der Waals surface area (Å²) in [6, 6.07) is 0. The minimum absolute atomic E-state index is 0. The Morgan fingerprint density at radius 2 is 2.37 bits per heavy atom. The van der Waals surface area contributed by atoms with Gasteiger partial charge in [0.2, 0.25) is 0 Å². The van der Waals surface area contributed by atoms with Crippen molar-refractivity contribution in [2.75, 3.05) is 26.8 Å². The molecule has 1 amide bonds. The van der Waals surface area contributed by atoms with Crippen LogP contribution in [0.3, 0.4) is 0 Å². The first kappa shape index (κ1) is 16.4. The molecule has 7 heteroatoms. The summed E-state index contributed by atoms with van der Waals surface area (Å²) in [6.07, 6.45) is 2.57. The molecule has 0 bridgehead atoms. The highest BCUT2D eigenvalue weighted by molar-refractivity contribution is 7.09. The van der Waals surface area contributed by atoms with E-state index in [0.717, 1.165) is 17.5 Å². The Kier molecular flexibility index (Phi) is 6.71. The first-order valence-electron chi connectivity index (χ1n) is 6.18. The second kappa shape index (κ2) is 7.79. The number of likely N-dealkylation sites (N-methyl/N-ethyl adjacent to an activating group) is 1. The van der Waals surface area contributed by atoms with Gasteiger partial charge in [0.15, 0.2) is 0 Å². The topological polar surface area (TPSA) is 68.5 Å². The summed E-state index contributed by atoms with van der Waals surface area (Å²) in [5.74, 6) is 0.692. The van der Waals surface area contributed by atoms with Crippen LogP contribution in [0.15, 0.2) is 5.38 Å². The summed E-state index contributed by atoms with van der Waals surface area (Å²) in [5.41, 5.74) is 5.95. The van der Waals surface area contributed by atoms with Crippen molar-refractivity contribution in [2.24, 2.45) is 11.7 Å². The zero-order valence-electron chi connectivity index (χ0n) is 11.0. The van der Waals surface area contributed by atoms with E-state index in [1.165, 1.54) is 24.2 Å². The number of hydrogen-bond donors (Lipinski definition) is 1. The third kappa shape index (κ3) is 5.06. The van der Waals surface area contributed by atoms with Gasteiger partial charge < -0.3 is 15.4 Å². The van der Waals surface area contributed by atoms with Gasteiger partial charge in [-0.2, -0.15) is 0 Å². The van der Waals surface area contributed by atoms with Crippen LogP contribution in [0.25, 0.3) is 0 Å². The zero-order chi connectivity index (χ0) is 13.0. The van der Waals surface area contributed by atoms with Gasteiger partial charge in [-0.25, -0.2) is 4.98 Å². The monoisotopic (exact) mass is 305 g/mol. The van der Waals surface area contributed by atoms with E-state index in [0.29, 0.717) is 25.4 Å². The molecule has 2 rings (SSSR count). The van der Waals surface area contributed by atoms with Crippen molar-refractivity contribution in [2.45, 2.75) is 19.4 Å². The number of thiazole rings is 1. The lowest BCUT2D eigenvalue weighted by Crippen LogP contribution is -2.30. The maximum Gasteiger partial charge on any atom is 0.273 e. The van der Waals surface area contributed by atoms with E-state index in [1.54, 1.807) is 17.3 Å². The van der Waals surface area contributed by atoms with Crippen molar-refractivity contribution in [1.82, 2.24) is 9.88 Å². The van der Waals surface area contributed by atoms with Crippen LogP contribution < -0.4 is 5.73 Å². The molecule has 1 fully saturated rings. The van der Waals surface area contributed by atoms with Crippen LogP contribution in [-0.4, -0.2) is 42.6 Å². The average molecular weight is 306 g/mol. The molecule has 5 nitrogen and oxygen atoms in total. The molecular formula is C12H20ClN3O2S. The van der Waals surface area contributed by atoms with Gasteiger partial charge in [0.05, 0.1) is 6.61 Å². The number of ether oxygens (including phenoxy) is 1. The second-order valence-corrected chi connectivity index (χ2v) is 5.52. The highest BCUT2D eigenvalue weighted by Crippen LogP contribution is 2.28. The molecule has 1 saturated carbocycles. The Balaban J connectivity index is 0.00000180. The lowest BCUT2D eigenvalue weighted by atomic mass is 10.4. The Morgan fingerprint density at radius 1 is 1.63 bits per heavy atom. The Labute approximate surface area is 123 Å². The number of amides is 1. The number of nitrogens with two attached hydrogens (primary N) is 1. The molecule has 19 heavy (non-hydrogen) atoms. The fourth-order valence-corrected chi connectivity index (χ4v) is 2.18. The fourth-order valence-electron chi connectivity index (χ4n) is 1.54. The van der Waals surface area contributed by atoms with Crippen LogP contribution >= 0.6 is 23.7 Å². The summed E-state index contributed by atoms with van der Waals surface area (Å²) in [6.45, 7) is 2.40. The molecule has 0 aromatic carbocycles. The molecule has 1 aliphatic carbocycles. The summed E-state index contributed by atoms with van der Waals surface area (Å²) in [4.78, 5) is 17.8. The van der Waals surface area contributed by atoms with Crippen molar-refractivity contribution < 1.29 is 9.53 Å². The fraction of sp³-hybridized carbons (Fsp3) is 0.667. The van der Waals surface area contributed by atoms with Crippen LogP contribution in [-0.2, 0) is 11.3 Å². The lowest BCUT2D eigenvalue weighted by Gasteiger charge is -2.15. The summed E-state index contributed by atoms with van der Waals surface area (Å²) in [5, 5.41) is 2.54. The van der Waals surface area contributed by atoms with Crippen molar-refractivity contribution in [1.29, 1.82) is 0 Å². The Hall–Kier alpha value is -0.690. The van der Waals surface area contributed by atoms with Crippen molar-refractivity contribution >= 4 is 29.7 Å². The van der Waals surface area contributed by atoms with Crippen molar-refractivity contribution in [3.63, 3.8) is 0 Å². The average Bonchev–Trinajstić information content (AvgIpc) is 3.08. The second-order valence-electron chi connectivity index (χ2n) is 4.58. The molecule has 2 N–H and O–H groups in total. The number of nitrogens with zero attached hydrogens (tertiary/aromatic N) is 2. The van der Waals surface area contributed by atoms with Gasteiger partial charge in [-0.05, 0) is 18.8 Å². The third-order valence-corrected chi connectivity index (χ3v) is 3.78. The highest BCUT2D eigenvalue weighted by Gasteiger charge is 2.21. The summed E-state index contributed by atoms with van der Waals surface area (Å²) >= 11 is 1.42. The van der Waals surface area contributed by atoms with Crippen molar-refractivity contribution in [3.05, 3.63) is 16.1 Å². The van der Waals surface area contributed by atoms with Crippen LogP contribution in [0.5, 0.6) is 0 Å². The molecule has 108 valence electrons. The van der Waals surface area contributed by atoms with E-state index in [4.69, 9.17) is 10.5 Å². The molecule has 0 radical (unpaired) electrons. The molecule has 0 atom stereocenters. The minimum Gasteiger partial charge on any atom is -0.379 e. The van der Waals surface area contributed by atoms with Crippen LogP contribution in [0.2, 0.25) is 0 Å². The molecule has 0 saturated heterocycles. The normalized spacial score (nSPS) is 14.0. The van der Waals surface area contributed by atoms with E-state index < -0.39 is 0 Å². The zero-order valence-corrected chi connectivity index (χ0v) is 12.6.